The van der Waals surface area contributed by atoms with Crippen LogP contribution in [0.2, 0.25) is 0 Å². The quantitative estimate of drug-likeness (QED) is 0.882. The van der Waals surface area contributed by atoms with Gasteiger partial charge in [0.15, 0.2) is 0 Å². The Kier molecular flexibility index (Phi) is 4.88. The van der Waals surface area contributed by atoms with Crippen molar-refractivity contribution in [2.45, 2.75) is 29.2 Å². The van der Waals surface area contributed by atoms with Crippen LogP contribution in [0.1, 0.15) is 25.0 Å². The monoisotopic (exact) mass is 274 g/mol. The molecule has 0 fully saturated rings. The molecule has 0 aliphatic rings. The first kappa shape index (κ1) is 14.0. The summed E-state index contributed by atoms with van der Waals surface area (Å²) in [5.41, 5.74) is 0.965. The van der Waals surface area contributed by atoms with Gasteiger partial charge in [-0.15, -0.1) is 0 Å². The Bertz CT molecular complexity index is 523. The number of benzene rings is 2. The van der Waals surface area contributed by atoms with Crippen molar-refractivity contribution in [3.63, 3.8) is 0 Å². The lowest BCUT2D eigenvalue weighted by Crippen LogP contribution is -1.94. The van der Waals surface area contributed by atoms with Gasteiger partial charge < -0.3 is 9.84 Å². The van der Waals surface area contributed by atoms with E-state index in [1.54, 1.807) is 18.9 Å². The Morgan fingerprint density at radius 1 is 1.11 bits per heavy atom. The molecular formula is C16H18O2S. The summed E-state index contributed by atoms with van der Waals surface area (Å²) >= 11 is 1.66. The molecule has 2 rings (SSSR count). The largest absolute Gasteiger partial charge is 0.496 e. The summed E-state index contributed by atoms with van der Waals surface area (Å²) in [7, 11) is 1.68. The average molecular weight is 274 g/mol. The average Bonchev–Trinajstić information content (AvgIpc) is 2.48. The second-order valence-electron chi connectivity index (χ2n) is 4.25. The van der Waals surface area contributed by atoms with Crippen molar-refractivity contribution in [1.29, 1.82) is 0 Å². The molecule has 1 unspecified atom stereocenters. The van der Waals surface area contributed by atoms with Crippen LogP contribution < -0.4 is 4.74 Å². The summed E-state index contributed by atoms with van der Waals surface area (Å²) in [4.78, 5) is 2.23. The van der Waals surface area contributed by atoms with E-state index in [0.717, 1.165) is 27.5 Å². The molecule has 1 N–H and O–H groups in total. The zero-order valence-corrected chi connectivity index (χ0v) is 12.0. The summed E-state index contributed by atoms with van der Waals surface area (Å²) in [6, 6.07) is 16.0. The van der Waals surface area contributed by atoms with Crippen molar-refractivity contribution in [3.8, 4) is 5.75 Å². The van der Waals surface area contributed by atoms with Crippen LogP contribution in [0.5, 0.6) is 5.75 Å². The fraction of sp³-hybridized carbons (Fsp3) is 0.250. The molecule has 0 bridgehead atoms. The van der Waals surface area contributed by atoms with Crippen LogP contribution in [0.25, 0.3) is 0 Å². The molecule has 19 heavy (non-hydrogen) atoms. The highest BCUT2D eigenvalue weighted by atomic mass is 32.2. The number of hydrogen-bond donors (Lipinski definition) is 1. The highest BCUT2D eigenvalue weighted by Gasteiger charge is 2.06. The third-order valence-electron chi connectivity index (χ3n) is 2.95. The van der Waals surface area contributed by atoms with Gasteiger partial charge in [0.1, 0.15) is 5.75 Å². The van der Waals surface area contributed by atoms with E-state index in [4.69, 9.17) is 4.74 Å². The smallest absolute Gasteiger partial charge is 0.132 e. The molecule has 0 aromatic heterocycles. The molecule has 0 saturated heterocycles. The minimum atomic E-state index is -0.370. The normalized spacial score (nSPS) is 12.2. The Hall–Kier alpha value is -1.45. The maximum atomic E-state index is 9.77. The lowest BCUT2D eigenvalue weighted by molar-refractivity contribution is 0.173. The van der Waals surface area contributed by atoms with Gasteiger partial charge in [0.25, 0.3) is 0 Å². The molecule has 2 aromatic rings. The molecule has 0 heterocycles. The Balaban J connectivity index is 2.15. The van der Waals surface area contributed by atoms with E-state index in [0.29, 0.717) is 0 Å². The zero-order chi connectivity index (χ0) is 13.7. The first-order chi connectivity index (χ1) is 9.24. The highest BCUT2D eigenvalue weighted by molar-refractivity contribution is 7.99. The van der Waals surface area contributed by atoms with Crippen LogP contribution in [0, 0.1) is 0 Å². The fourth-order valence-corrected chi connectivity index (χ4v) is 2.75. The SMILES string of the molecule is CCC(O)c1ccc(Sc2ccccc2OC)cc1. The van der Waals surface area contributed by atoms with Gasteiger partial charge in [-0.1, -0.05) is 43.0 Å². The number of ether oxygens (including phenoxy) is 1. The van der Waals surface area contributed by atoms with Gasteiger partial charge >= 0.3 is 0 Å². The number of methoxy groups -OCH3 is 1. The molecule has 1 atom stereocenters. The molecule has 0 aliphatic carbocycles. The third kappa shape index (κ3) is 3.52. The minimum absolute atomic E-state index is 0.370. The van der Waals surface area contributed by atoms with Crippen LogP contribution in [0.15, 0.2) is 58.3 Å². The van der Waals surface area contributed by atoms with Crippen molar-refractivity contribution >= 4 is 11.8 Å². The minimum Gasteiger partial charge on any atom is -0.496 e. The number of aliphatic hydroxyl groups excluding tert-OH is 1. The van der Waals surface area contributed by atoms with E-state index in [2.05, 4.69) is 0 Å². The molecule has 100 valence electrons. The second-order valence-corrected chi connectivity index (χ2v) is 5.36. The van der Waals surface area contributed by atoms with E-state index < -0.39 is 0 Å². The van der Waals surface area contributed by atoms with E-state index in [-0.39, 0.29) is 6.10 Å². The van der Waals surface area contributed by atoms with Gasteiger partial charge in [-0.25, -0.2) is 0 Å². The third-order valence-corrected chi connectivity index (χ3v) is 4.01. The van der Waals surface area contributed by atoms with Gasteiger partial charge in [0.05, 0.1) is 18.1 Å². The van der Waals surface area contributed by atoms with Gasteiger partial charge in [-0.2, -0.15) is 0 Å². The number of rotatable bonds is 5. The van der Waals surface area contributed by atoms with E-state index in [1.807, 2.05) is 55.5 Å². The second kappa shape index (κ2) is 6.64. The lowest BCUT2D eigenvalue weighted by atomic mass is 10.1. The van der Waals surface area contributed by atoms with Crippen LogP contribution in [-0.4, -0.2) is 12.2 Å². The summed E-state index contributed by atoms with van der Waals surface area (Å²) < 4.78 is 5.34. The lowest BCUT2D eigenvalue weighted by Gasteiger charge is -2.10. The van der Waals surface area contributed by atoms with Crippen molar-refractivity contribution in [2.24, 2.45) is 0 Å². The number of aliphatic hydroxyl groups is 1. The molecular weight excluding hydrogens is 256 g/mol. The summed E-state index contributed by atoms with van der Waals surface area (Å²) in [6.45, 7) is 1.97. The van der Waals surface area contributed by atoms with Gasteiger partial charge in [0, 0.05) is 4.90 Å². The van der Waals surface area contributed by atoms with E-state index >= 15 is 0 Å². The first-order valence-electron chi connectivity index (χ1n) is 6.33. The summed E-state index contributed by atoms with van der Waals surface area (Å²) in [5, 5.41) is 9.77. The summed E-state index contributed by atoms with van der Waals surface area (Å²) in [6.07, 6.45) is 0.365. The summed E-state index contributed by atoms with van der Waals surface area (Å²) in [5.74, 6) is 0.880. The molecule has 0 aliphatic heterocycles. The number of hydrogen-bond acceptors (Lipinski definition) is 3. The van der Waals surface area contributed by atoms with Crippen molar-refractivity contribution in [1.82, 2.24) is 0 Å². The Morgan fingerprint density at radius 3 is 2.42 bits per heavy atom. The van der Waals surface area contributed by atoms with Crippen LogP contribution in [0.3, 0.4) is 0 Å². The molecule has 0 spiro atoms. The van der Waals surface area contributed by atoms with E-state index in [9.17, 15) is 5.11 Å². The molecule has 2 nitrogen and oxygen atoms in total. The van der Waals surface area contributed by atoms with E-state index in [1.165, 1.54) is 0 Å². The molecule has 0 radical (unpaired) electrons. The van der Waals surface area contributed by atoms with Crippen LogP contribution in [-0.2, 0) is 0 Å². The van der Waals surface area contributed by atoms with Gasteiger partial charge in [-0.05, 0) is 36.2 Å². The number of para-hydroxylation sites is 1. The van der Waals surface area contributed by atoms with Gasteiger partial charge in [-0.3, -0.25) is 0 Å². The van der Waals surface area contributed by atoms with Gasteiger partial charge in [0.2, 0.25) is 0 Å². The maximum Gasteiger partial charge on any atom is 0.132 e. The fourth-order valence-electron chi connectivity index (χ4n) is 1.82. The van der Waals surface area contributed by atoms with Crippen molar-refractivity contribution in [2.75, 3.05) is 7.11 Å². The zero-order valence-electron chi connectivity index (χ0n) is 11.2. The standard InChI is InChI=1S/C16H18O2S/c1-3-14(17)12-8-10-13(11-9-12)19-16-7-5-4-6-15(16)18-2/h4-11,14,17H,3H2,1-2H3. The maximum absolute atomic E-state index is 9.77. The molecule has 3 heteroatoms. The molecule has 0 saturated carbocycles. The first-order valence-corrected chi connectivity index (χ1v) is 7.15. The van der Waals surface area contributed by atoms with Crippen molar-refractivity contribution < 1.29 is 9.84 Å². The highest BCUT2D eigenvalue weighted by Crippen LogP contribution is 2.35. The van der Waals surface area contributed by atoms with Crippen LogP contribution in [0.4, 0.5) is 0 Å². The Labute approximate surface area is 118 Å². The van der Waals surface area contributed by atoms with Crippen LogP contribution >= 0.6 is 11.8 Å². The topological polar surface area (TPSA) is 29.5 Å². The molecule has 0 amide bonds. The Morgan fingerprint density at radius 2 is 1.79 bits per heavy atom. The predicted octanol–water partition coefficient (Wildman–Crippen LogP) is 4.29. The van der Waals surface area contributed by atoms with Crippen molar-refractivity contribution in [3.05, 3.63) is 54.1 Å². The predicted molar refractivity (Wildman–Crippen MR) is 78.8 cm³/mol. The molecule has 2 aromatic carbocycles.